The Labute approximate surface area is 74.0 Å². The molecule has 0 heterocycles. The minimum Gasteiger partial charge on any atom is -0.481 e. The van der Waals surface area contributed by atoms with E-state index in [-0.39, 0.29) is 6.04 Å². The summed E-state index contributed by atoms with van der Waals surface area (Å²) in [5.74, 6) is -1.21. The third kappa shape index (κ3) is 4.34. The Kier molecular flexibility index (Phi) is 5.72. The van der Waals surface area contributed by atoms with Crippen LogP contribution in [-0.4, -0.2) is 17.1 Å². The summed E-state index contributed by atoms with van der Waals surface area (Å²) in [6.07, 6.45) is 4.14. The molecule has 0 rings (SSSR count). The fourth-order valence-corrected chi connectivity index (χ4v) is 1.06. The van der Waals surface area contributed by atoms with Crippen molar-refractivity contribution >= 4 is 5.97 Å². The zero-order chi connectivity index (χ0) is 9.56. The Morgan fingerprint density at radius 3 is 2.50 bits per heavy atom. The Bertz CT molecular complexity index is 136. The summed E-state index contributed by atoms with van der Waals surface area (Å²) in [4.78, 5) is 10.5. The number of hydrogen-bond donors (Lipinski definition) is 2. The van der Waals surface area contributed by atoms with Crippen molar-refractivity contribution in [3.05, 3.63) is 0 Å². The van der Waals surface area contributed by atoms with Gasteiger partial charge in [-0.05, 0) is 6.42 Å². The first-order valence-corrected chi connectivity index (χ1v) is 4.58. The molecule has 3 nitrogen and oxygen atoms in total. The normalized spacial score (nSPS) is 15.6. The molecule has 0 aliphatic heterocycles. The molecule has 72 valence electrons. The van der Waals surface area contributed by atoms with Gasteiger partial charge in [0.05, 0.1) is 5.92 Å². The number of rotatable bonds is 6. The largest absolute Gasteiger partial charge is 0.481 e. The van der Waals surface area contributed by atoms with Crippen molar-refractivity contribution in [2.24, 2.45) is 11.7 Å². The summed E-state index contributed by atoms with van der Waals surface area (Å²) in [6.45, 7) is 3.78. The molecule has 0 aliphatic rings. The lowest BCUT2D eigenvalue weighted by Gasteiger charge is -2.15. The van der Waals surface area contributed by atoms with Crippen molar-refractivity contribution in [2.45, 2.75) is 45.6 Å². The van der Waals surface area contributed by atoms with Crippen LogP contribution in [0.3, 0.4) is 0 Å². The van der Waals surface area contributed by atoms with Gasteiger partial charge in [0, 0.05) is 6.04 Å². The Morgan fingerprint density at radius 2 is 2.08 bits per heavy atom. The van der Waals surface area contributed by atoms with E-state index in [1.807, 2.05) is 0 Å². The molecule has 0 spiro atoms. The first kappa shape index (κ1) is 11.4. The fourth-order valence-electron chi connectivity index (χ4n) is 1.06. The summed E-state index contributed by atoms with van der Waals surface area (Å²) < 4.78 is 0. The van der Waals surface area contributed by atoms with Gasteiger partial charge in [-0.1, -0.05) is 33.1 Å². The van der Waals surface area contributed by atoms with Crippen LogP contribution in [0.2, 0.25) is 0 Å². The topological polar surface area (TPSA) is 63.3 Å². The average Bonchev–Trinajstić information content (AvgIpc) is 2.03. The molecule has 0 aromatic heterocycles. The number of unbranched alkanes of at least 4 members (excludes halogenated alkanes) is 2. The lowest BCUT2D eigenvalue weighted by atomic mass is 9.97. The van der Waals surface area contributed by atoms with E-state index < -0.39 is 11.9 Å². The molecule has 0 radical (unpaired) electrons. The minimum absolute atomic E-state index is 0.186. The van der Waals surface area contributed by atoms with Gasteiger partial charge in [0.1, 0.15) is 0 Å². The maximum absolute atomic E-state index is 10.5. The van der Waals surface area contributed by atoms with Crippen LogP contribution in [0.25, 0.3) is 0 Å². The molecule has 12 heavy (non-hydrogen) atoms. The van der Waals surface area contributed by atoms with Gasteiger partial charge in [-0.2, -0.15) is 0 Å². The van der Waals surface area contributed by atoms with Crippen molar-refractivity contribution in [3.8, 4) is 0 Å². The smallest absolute Gasteiger partial charge is 0.307 e. The van der Waals surface area contributed by atoms with Crippen LogP contribution in [0.4, 0.5) is 0 Å². The predicted molar refractivity (Wildman–Crippen MR) is 48.9 cm³/mol. The van der Waals surface area contributed by atoms with Crippen LogP contribution in [-0.2, 0) is 4.79 Å². The number of hydrogen-bond acceptors (Lipinski definition) is 2. The number of carboxylic acids is 1. The van der Waals surface area contributed by atoms with Gasteiger partial charge in [-0.15, -0.1) is 0 Å². The number of carboxylic acid groups (broad SMARTS) is 1. The quantitative estimate of drug-likeness (QED) is 0.600. The molecular weight excluding hydrogens is 154 g/mol. The minimum atomic E-state index is -0.793. The second-order valence-electron chi connectivity index (χ2n) is 3.29. The predicted octanol–water partition coefficient (Wildman–Crippen LogP) is 1.61. The second-order valence-corrected chi connectivity index (χ2v) is 3.29. The van der Waals surface area contributed by atoms with Gasteiger partial charge in [0.15, 0.2) is 0 Å². The van der Waals surface area contributed by atoms with E-state index in [9.17, 15) is 4.79 Å². The number of aliphatic carboxylic acids is 1. The van der Waals surface area contributed by atoms with Crippen LogP contribution in [0.15, 0.2) is 0 Å². The molecule has 0 aliphatic carbocycles. The van der Waals surface area contributed by atoms with E-state index >= 15 is 0 Å². The van der Waals surface area contributed by atoms with Crippen LogP contribution >= 0.6 is 0 Å². The summed E-state index contributed by atoms with van der Waals surface area (Å²) in [7, 11) is 0. The number of carbonyl (C=O) groups is 1. The van der Waals surface area contributed by atoms with E-state index in [1.165, 1.54) is 0 Å². The Balaban J connectivity index is 3.56. The van der Waals surface area contributed by atoms with Gasteiger partial charge < -0.3 is 10.8 Å². The molecule has 0 amide bonds. The zero-order valence-electron chi connectivity index (χ0n) is 7.92. The molecule has 0 unspecified atom stereocenters. The maximum atomic E-state index is 10.5. The molecule has 0 aromatic rings. The molecule has 2 atom stereocenters. The highest BCUT2D eigenvalue weighted by atomic mass is 16.4. The van der Waals surface area contributed by atoms with Crippen molar-refractivity contribution in [3.63, 3.8) is 0 Å². The molecular formula is C9H19NO2. The lowest BCUT2D eigenvalue weighted by Crippen LogP contribution is -2.33. The summed E-state index contributed by atoms with van der Waals surface area (Å²) in [5, 5.41) is 8.63. The first-order chi connectivity index (χ1) is 5.59. The molecule has 0 saturated carbocycles. The van der Waals surface area contributed by atoms with E-state index in [4.69, 9.17) is 10.8 Å². The van der Waals surface area contributed by atoms with Gasteiger partial charge in [-0.25, -0.2) is 0 Å². The highest BCUT2D eigenvalue weighted by Crippen LogP contribution is 2.09. The summed E-state index contributed by atoms with van der Waals surface area (Å²) >= 11 is 0. The fraction of sp³-hybridized carbons (Fsp3) is 0.889. The highest BCUT2D eigenvalue weighted by Gasteiger charge is 2.18. The van der Waals surface area contributed by atoms with Crippen molar-refractivity contribution in [1.29, 1.82) is 0 Å². The highest BCUT2D eigenvalue weighted by molar-refractivity contribution is 5.70. The van der Waals surface area contributed by atoms with Crippen LogP contribution in [0, 0.1) is 5.92 Å². The van der Waals surface area contributed by atoms with E-state index in [0.29, 0.717) is 0 Å². The van der Waals surface area contributed by atoms with E-state index in [2.05, 4.69) is 6.92 Å². The second kappa shape index (κ2) is 6.00. The Morgan fingerprint density at radius 1 is 1.50 bits per heavy atom. The average molecular weight is 173 g/mol. The van der Waals surface area contributed by atoms with Gasteiger partial charge in [0.25, 0.3) is 0 Å². The molecule has 0 aromatic carbocycles. The van der Waals surface area contributed by atoms with Crippen LogP contribution < -0.4 is 5.73 Å². The molecule has 0 saturated heterocycles. The van der Waals surface area contributed by atoms with Gasteiger partial charge in [0.2, 0.25) is 0 Å². The van der Waals surface area contributed by atoms with Gasteiger partial charge >= 0.3 is 5.97 Å². The third-order valence-corrected chi connectivity index (χ3v) is 2.17. The third-order valence-electron chi connectivity index (χ3n) is 2.17. The summed E-state index contributed by atoms with van der Waals surface area (Å²) in [6, 6.07) is -0.186. The lowest BCUT2D eigenvalue weighted by molar-refractivity contribution is -0.141. The van der Waals surface area contributed by atoms with E-state index in [1.54, 1.807) is 6.92 Å². The molecule has 0 bridgehead atoms. The molecule has 3 heteroatoms. The number of nitrogens with two attached hydrogens (primary N) is 1. The van der Waals surface area contributed by atoms with Crippen molar-refractivity contribution in [1.82, 2.24) is 0 Å². The molecule has 0 fully saturated rings. The first-order valence-electron chi connectivity index (χ1n) is 4.58. The van der Waals surface area contributed by atoms with E-state index in [0.717, 1.165) is 25.7 Å². The Hall–Kier alpha value is -0.570. The van der Waals surface area contributed by atoms with Crippen LogP contribution in [0.1, 0.15) is 39.5 Å². The maximum Gasteiger partial charge on any atom is 0.307 e. The standard InChI is InChI=1S/C9H19NO2/c1-3-4-5-6-8(10)7(2)9(11)12/h7-8H,3-6,10H2,1-2H3,(H,11,12)/t7-,8+/m1/s1. The molecule has 3 N–H and O–H groups in total. The SMILES string of the molecule is CCCCC[C@H](N)[C@@H](C)C(=O)O. The zero-order valence-corrected chi connectivity index (χ0v) is 7.92. The van der Waals surface area contributed by atoms with Crippen molar-refractivity contribution < 1.29 is 9.90 Å². The summed E-state index contributed by atoms with van der Waals surface area (Å²) in [5.41, 5.74) is 5.68. The van der Waals surface area contributed by atoms with Crippen LogP contribution in [0.5, 0.6) is 0 Å². The van der Waals surface area contributed by atoms with Crippen molar-refractivity contribution in [2.75, 3.05) is 0 Å². The van der Waals surface area contributed by atoms with Gasteiger partial charge in [-0.3, -0.25) is 4.79 Å². The monoisotopic (exact) mass is 173 g/mol.